The minimum atomic E-state index is -0.477. The second-order valence-electron chi connectivity index (χ2n) is 4.15. The molecule has 2 aromatic rings. The average molecular weight is 297 g/mol. The second kappa shape index (κ2) is 4.75. The van der Waals surface area contributed by atoms with Crippen molar-refractivity contribution in [3.63, 3.8) is 0 Å². The molecule has 1 atom stereocenters. The lowest BCUT2D eigenvalue weighted by molar-refractivity contribution is -0.136. The van der Waals surface area contributed by atoms with Gasteiger partial charge in [0.1, 0.15) is 11.7 Å². The van der Waals surface area contributed by atoms with Crippen molar-refractivity contribution >= 4 is 34.8 Å². The lowest BCUT2D eigenvalue weighted by atomic mass is 10.1. The van der Waals surface area contributed by atoms with E-state index in [-0.39, 0.29) is 11.8 Å². The number of imide groups is 1. The summed E-state index contributed by atoms with van der Waals surface area (Å²) in [5, 5.41) is 10.3. The van der Waals surface area contributed by atoms with Crippen LogP contribution in [-0.4, -0.2) is 26.8 Å². The molecule has 3 rings (SSSR count). The number of carbonyl (C=O) groups is 2. The van der Waals surface area contributed by atoms with E-state index in [9.17, 15) is 9.59 Å². The van der Waals surface area contributed by atoms with Crippen LogP contribution in [0.15, 0.2) is 18.3 Å². The number of aromatic nitrogens is 3. The standard InChI is InChI=1S/C11H9ClN4O2S/c12-9-3-2-8(19-9)6-5-16(15-14-6)7-1-4-10(17)13-11(7)18/h2-3,5,7H,1,4H2,(H,13,17,18). The molecular weight excluding hydrogens is 288 g/mol. The van der Waals surface area contributed by atoms with Crippen molar-refractivity contribution in [3.05, 3.63) is 22.7 Å². The molecule has 6 nitrogen and oxygen atoms in total. The van der Waals surface area contributed by atoms with E-state index in [1.807, 2.05) is 6.07 Å². The summed E-state index contributed by atoms with van der Waals surface area (Å²) >= 11 is 7.26. The zero-order valence-corrected chi connectivity index (χ0v) is 11.2. The van der Waals surface area contributed by atoms with E-state index < -0.39 is 6.04 Å². The van der Waals surface area contributed by atoms with E-state index in [4.69, 9.17) is 11.6 Å². The highest BCUT2D eigenvalue weighted by molar-refractivity contribution is 7.19. The number of carbonyl (C=O) groups excluding carboxylic acids is 2. The normalized spacial score (nSPS) is 19.5. The van der Waals surface area contributed by atoms with E-state index in [1.54, 1.807) is 12.3 Å². The Bertz CT molecular complexity index is 651. The maximum absolute atomic E-state index is 11.7. The summed E-state index contributed by atoms with van der Waals surface area (Å²) in [7, 11) is 0. The van der Waals surface area contributed by atoms with E-state index in [0.717, 1.165) is 4.88 Å². The van der Waals surface area contributed by atoms with E-state index in [0.29, 0.717) is 22.9 Å². The molecule has 0 aliphatic carbocycles. The Kier molecular flexibility index (Phi) is 3.08. The molecule has 8 heteroatoms. The van der Waals surface area contributed by atoms with Crippen molar-refractivity contribution in [2.45, 2.75) is 18.9 Å². The van der Waals surface area contributed by atoms with Crippen molar-refractivity contribution < 1.29 is 9.59 Å². The van der Waals surface area contributed by atoms with Gasteiger partial charge < -0.3 is 0 Å². The first kappa shape index (κ1) is 12.3. The van der Waals surface area contributed by atoms with Crippen LogP contribution >= 0.6 is 22.9 Å². The zero-order chi connectivity index (χ0) is 13.4. The van der Waals surface area contributed by atoms with Gasteiger partial charge in [0, 0.05) is 6.42 Å². The molecule has 19 heavy (non-hydrogen) atoms. The summed E-state index contributed by atoms with van der Waals surface area (Å²) in [5.41, 5.74) is 0.668. The van der Waals surface area contributed by atoms with Gasteiger partial charge in [-0.25, -0.2) is 4.68 Å². The third-order valence-corrected chi connectivity index (χ3v) is 4.12. The summed E-state index contributed by atoms with van der Waals surface area (Å²) in [4.78, 5) is 23.7. The molecule has 1 aliphatic heterocycles. The fourth-order valence-corrected chi connectivity index (χ4v) is 2.92. The highest BCUT2D eigenvalue weighted by atomic mass is 35.5. The van der Waals surface area contributed by atoms with Crippen molar-refractivity contribution in [2.75, 3.05) is 0 Å². The van der Waals surface area contributed by atoms with Crippen LogP contribution in [0.5, 0.6) is 0 Å². The van der Waals surface area contributed by atoms with Gasteiger partial charge in [-0.3, -0.25) is 14.9 Å². The van der Waals surface area contributed by atoms with Gasteiger partial charge >= 0.3 is 0 Å². The number of nitrogens with one attached hydrogen (secondary N) is 1. The highest BCUT2D eigenvalue weighted by Crippen LogP contribution is 2.30. The molecule has 1 fully saturated rings. The molecular formula is C11H9ClN4O2S. The molecule has 0 bridgehead atoms. The van der Waals surface area contributed by atoms with Gasteiger partial charge in [-0.05, 0) is 18.6 Å². The zero-order valence-electron chi connectivity index (χ0n) is 9.67. The Hall–Kier alpha value is -1.73. The Balaban J connectivity index is 1.85. The van der Waals surface area contributed by atoms with Crippen LogP contribution in [0.3, 0.4) is 0 Å². The van der Waals surface area contributed by atoms with Crippen LogP contribution < -0.4 is 5.32 Å². The van der Waals surface area contributed by atoms with Crippen LogP contribution in [0, 0.1) is 0 Å². The highest BCUT2D eigenvalue weighted by Gasteiger charge is 2.29. The first-order valence-electron chi connectivity index (χ1n) is 5.65. The van der Waals surface area contributed by atoms with Crippen LogP contribution in [0.1, 0.15) is 18.9 Å². The molecule has 1 aliphatic rings. The summed E-state index contributed by atoms with van der Waals surface area (Å²) in [6.07, 6.45) is 2.46. The smallest absolute Gasteiger partial charge is 0.251 e. The lowest BCUT2D eigenvalue weighted by Gasteiger charge is -2.20. The SMILES string of the molecule is O=C1CCC(n2cc(-c3ccc(Cl)s3)nn2)C(=O)N1. The van der Waals surface area contributed by atoms with Gasteiger partial charge in [0.2, 0.25) is 5.91 Å². The van der Waals surface area contributed by atoms with Crippen molar-refractivity contribution in [3.8, 4) is 10.6 Å². The van der Waals surface area contributed by atoms with E-state index in [1.165, 1.54) is 16.0 Å². The summed E-state index contributed by atoms with van der Waals surface area (Å²) in [6.45, 7) is 0. The number of piperidine rings is 1. The maximum Gasteiger partial charge on any atom is 0.251 e. The topological polar surface area (TPSA) is 76.9 Å². The monoisotopic (exact) mass is 296 g/mol. The van der Waals surface area contributed by atoms with Gasteiger partial charge in [0.25, 0.3) is 5.91 Å². The Morgan fingerprint density at radius 1 is 1.42 bits per heavy atom. The van der Waals surface area contributed by atoms with Crippen LogP contribution in [0.2, 0.25) is 4.34 Å². The number of thiophene rings is 1. The summed E-state index contributed by atoms with van der Waals surface area (Å²) < 4.78 is 2.16. The molecule has 1 N–H and O–H groups in total. The lowest BCUT2D eigenvalue weighted by Crippen LogP contribution is -2.41. The number of nitrogens with zero attached hydrogens (tertiary/aromatic N) is 3. The largest absolute Gasteiger partial charge is 0.295 e. The summed E-state index contributed by atoms with van der Waals surface area (Å²) in [5.74, 6) is -0.580. The molecule has 2 amide bonds. The molecule has 3 heterocycles. The first-order chi connectivity index (χ1) is 9.13. The fraction of sp³-hybridized carbons (Fsp3) is 0.273. The average Bonchev–Trinajstić information content (AvgIpc) is 2.97. The molecule has 98 valence electrons. The minimum Gasteiger partial charge on any atom is -0.295 e. The van der Waals surface area contributed by atoms with Crippen LogP contribution in [-0.2, 0) is 9.59 Å². The van der Waals surface area contributed by atoms with Gasteiger partial charge in [-0.1, -0.05) is 16.8 Å². The molecule has 0 spiro atoms. The van der Waals surface area contributed by atoms with Crippen molar-refractivity contribution in [1.82, 2.24) is 20.3 Å². The number of rotatable bonds is 2. The number of amides is 2. The van der Waals surface area contributed by atoms with Gasteiger partial charge in [0.05, 0.1) is 15.4 Å². The number of halogens is 1. The minimum absolute atomic E-state index is 0.244. The third-order valence-electron chi connectivity index (χ3n) is 2.87. The quantitative estimate of drug-likeness (QED) is 0.855. The summed E-state index contributed by atoms with van der Waals surface area (Å²) in [6, 6.07) is 3.16. The molecule has 2 aromatic heterocycles. The Labute approximate surface area is 117 Å². The predicted molar refractivity (Wildman–Crippen MR) is 69.8 cm³/mol. The predicted octanol–water partition coefficient (Wildman–Crippen LogP) is 1.64. The van der Waals surface area contributed by atoms with Gasteiger partial charge in [0.15, 0.2) is 0 Å². The van der Waals surface area contributed by atoms with E-state index in [2.05, 4.69) is 15.6 Å². The Morgan fingerprint density at radius 3 is 2.95 bits per heavy atom. The van der Waals surface area contributed by atoms with Gasteiger partial charge in [-0.2, -0.15) is 0 Å². The fourth-order valence-electron chi connectivity index (χ4n) is 1.93. The Morgan fingerprint density at radius 2 is 2.26 bits per heavy atom. The van der Waals surface area contributed by atoms with Crippen LogP contribution in [0.4, 0.5) is 0 Å². The van der Waals surface area contributed by atoms with Crippen molar-refractivity contribution in [1.29, 1.82) is 0 Å². The molecule has 0 radical (unpaired) electrons. The first-order valence-corrected chi connectivity index (χ1v) is 6.84. The van der Waals surface area contributed by atoms with Gasteiger partial charge in [-0.15, -0.1) is 16.4 Å². The van der Waals surface area contributed by atoms with E-state index >= 15 is 0 Å². The van der Waals surface area contributed by atoms with Crippen LogP contribution in [0.25, 0.3) is 10.6 Å². The second-order valence-corrected chi connectivity index (χ2v) is 5.87. The maximum atomic E-state index is 11.7. The number of hydrogen-bond donors (Lipinski definition) is 1. The molecule has 1 unspecified atom stereocenters. The molecule has 0 saturated carbocycles. The number of hydrogen-bond acceptors (Lipinski definition) is 5. The third kappa shape index (κ3) is 2.39. The molecule has 0 aromatic carbocycles. The molecule has 1 saturated heterocycles. The van der Waals surface area contributed by atoms with Crippen molar-refractivity contribution in [2.24, 2.45) is 0 Å².